The summed E-state index contributed by atoms with van der Waals surface area (Å²) in [5, 5.41) is 3.29. The molecule has 1 aromatic heterocycles. The molecule has 0 aliphatic rings. The molecule has 82 valence electrons. The lowest BCUT2D eigenvalue weighted by Gasteiger charge is -2.06. The second-order valence-electron chi connectivity index (χ2n) is 3.62. The average Bonchev–Trinajstić information content (AvgIpc) is 2.28. The van der Waals surface area contributed by atoms with Crippen LogP contribution < -0.4 is 10.9 Å². The molecule has 0 unspecified atom stereocenters. The summed E-state index contributed by atoms with van der Waals surface area (Å²) < 4.78 is 0. The van der Waals surface area contributed by atoms with Crippen LogP contribution in [-0.2, 0) is 0 Å². The van der Waals surface area contributed by atoms with Crippen molar-refractivity contribution in [2.75, 3.05) is 7.05 Å². The number of pyridine rings is 1. The van der Waals surface area contributed by atoms with Gasteiger partial charge in [0.1, 0.15) is 0 Å². The van der Waals surface area contributed by atoms with E-state index in [9.17, 15) is 9.59 Å². The largest absolute Gasteiger partial charge is 0.355 e. The van der Waals surface area contributed by atoms with Crippen LogP contribution in [-0.4, -0.2) is 17.9 Å². The van der Waals surface area contributed by atoms with Crippen molar-refractivity contribution in [1.29, 1.82) is 0 Å². The fraction of sp³-hybridized carbons (Fsp3) is 0.167. The number of H-pyrrole nitrogens is 1. The van der Waals surface area contributed by atoms with Crippen molar-refractivity contribution >= 4 is 16.8 Å². The monoisotopic (exact) mass is 216 g/mol. The number of aromatic amines is 1. The number of hydrogen-bond donors (Lipinski definition) is 2. The summed E-state index contributed by atoms with van der Waals surface area (Å²) in [6.45, 7) is 1.89. The van der Waals surface area contributed by atoms with E-state index in [1.165, 1.54) is 6.07 Å². The Hall–Kier alpha value is -2.10. The number of rotatable bonds is 1. The summed E-state index contributed by atoms with van der Waals surface area (Å²) >= 11 is 0. The van der Waals surface area contributed by atoms with Gasteiger partial charge in [0.05, 0.1) is 11.1 Å². The molecule has 0 bridgehead atoms. The lowest BCUT2D eigenvalue weighted by Crippen LogP contribution is -2.21. The SMILES string of the molecule is CNC(=O)c1cc(=O)[nH]c2c(C)cccc12. The maximum absolute atomic E-state index is 11.6. The summed E-state index contributed by atoms with van der Waals surface area (Å²) in [7, 11) is 1.55. The lowest BCUT2D eigenvalue weighted by atomic mass is 10.1. The molecule has 0 spiro atoms. The van der Waals surface area contributed by atoms with Crippen LogP contribution in [0.1, 0.15) is 15.9 Å². The highest BCUT2D eigenvalue weighted by Crippen LogP contribution is 2.17. The molecule has 0 saturated heterocycles. The fourth-order valence-electron chi connectivity index (χ4n) is 1.75. The Bertz CT molecular complexity index is 614. The number of carbonyl (C=O) groups is 1. The normalized spacial score (nSPS) is 10.4. The molecule has 2 rings (SSSR count). The zero-order valence-electron chi connectivity index (χ0n) is 9.13. The van der Waals surface area contributed by atoms with Gasteiger partial charge in [0.25, 0.3) is 5.91 Å². The molecule has 0 fully saturated rings. The third kappa shape index (κ3) is 1.58. The molecule has 2 aromatic rings. The first-order valence-corrected chi connectivity index (χ1v) is 4.98. The molecule has 0 aliphatic heterocycles. The predicted octanol–water partition coefficient (Wildman–Crippen LogP) is 1.20. The number of para-hydroxylation sites is 1. The standard InChI is InChI=1S/C12H12N2O2/c1-7-4-3-5-8-9(12(16)13-2)6-10(15)14-11(7)8/h3-6H,1-2H3,(H,13,16)(H,14,15). The minimum atomic E-state index is -0.264. The molecule has 0 atom stereocenters. The lowest BCUT2D eigenvalue weighted by molar-refractivity contribution is 0.0964. The molecule has 16 heavy (non-hydrogen) atoms. The average molecular weight is 216 g/mol. The van der Waals surface area contributed by atoms with E-state index in [0.717, 1.165) is 10.9 Å². The number of nitrogens with one attached hydrogen (secondary N) is 2. The summed E-state index contributed by atoms with van der Waals surface area (Å²) in [6.07, 6.45) is 0. The number of amides is 1. The Labute approximate surface area is 92.3 Å². The maximum Gasteiger partial charge on any atom is 0.251 e. The number of benzene rings is 1. The van der Waals surface area contributed by atoms with Crippen LogP contribution in [0.2, 0.25) is 0 Å². The number of hydrogen-bond acceptors (Lipinski definition) is 2. The van der Waals surface area contributed by atoms with Crippen LogP contribution >= 0.6 is 0 Å². The van der Waals surface area contributed by atoms with Gasteiger partial charge in [-0.3, -0.25) is 9.59 Å². The molecular formula is C12H12N2O2. The van der Waals surface area contributed by atoms with Gasteiger partial charge in [-0.05, 0) is 12.5 Å². The molecule has 1 aromatic carbocycles. The summed E-state index contributed by atoms with van der Waals surface area (Å²) in [4.78, 5) is 25.8. The first-order valence-electron chi connectivity index (χ1n) is 4.98. The second-order valence-corrected chi connectivity index (χ2v) is 3.62. The summed E-state index contributed by atoms with van der Waals surface area (Å²) in [5.74, 6) is -0.248. The second kappa shape index (κ2) is 3.81. The van der Waals surface area contributed by atoms with E-state index in [2.05, 4.69) is 10.3 Å². The first-order chi connectivity index (χ1) is 7.63. The highest BCUT2D eigenvalue weighted by molar-refractivity contribution is 6.06. The first kappa shape index (κ1) is 10.4. The fourth-order valence-corrected chi connectivity index (χ4v) is 1.75. The molecule has 2 N–H and O–H groups in total. The van der Waals surface area contributed by atoms with Gasteiger partial charge in [0, 0.05) is 18.5 Å². The maximum atomic E-state index is 11.6. The Morgan fingerprint density at radius 3 is 2.81 bits per heavy atom. The Morgan fingerprint density at radius 1 is 1.38 bits per heavy atom. The quantitative estimate of drug-likeness (QED) is 0.752. The number of carbonyl (C=O) groups excluding carboxylic acids is 1. The molecule has 4 heteroatoms. The third-order valence-electron chi connectivity index (χ3n) is 2.56. The van der Waals surface area contributed by atoms with Crippen molar-refractivity contribution in [2.45, 2.75) is 6.92 Å². The van der Waals surface area contributed by atoms with Gasteiger partial charge < -0.3 is 10.3 Å². The smallest absolute Gasteiger partial charge is 0.251 e. The Kier molecular flexibility index (Phi) is 2.48. The van der Waals surface area contributed by atoms with Gasteiger partial charge in [-0.25, -0.2) is 0 Å². The van der Waals surface area contributed by atoms with E-state index in [1.54, 1.807) is 7.05 Å². The molecular weight excluding hydrogens is 204 g/mol. The van der Waals surface area contributed by atoms with Crippen molar-refractivity contribution in [2.24, 2.45) is 0 Å². The van der Waals surface area contributed by atoms with E-state index >= 15 is 0 Å². The number of aryl methyl sites for hydroxylation is 1. The molecule has 0 aliphatic carbocycles. The van der Waals surface area contributed by atoms with Gasteiger partial charge in [-0.15, -0.1) is 0 Å². The zero-order valence-corrected chi connectivity index (χ0v) is 9.13. The van der Waals surface area contributed by atoms with E-state index < -0.39 is 0 Å². The molecule has 4 nitrogen and oxygen atoms in total. The van der Waals surface area contributed by atoms with Crippen LogP contribution in [0.25, 0.3) is 10.9 Å². The molecule has 1 amide bonds. The van der Waals surface area contributed by atoms with Gasteiger partial charge >= 0.3 is 0 Å². The topological polar surface area (TPSA) is 62.0 Å². The van der Waals surface area contributed by atoms with E-state index in [0.29, 0.717) is 11.1 Å². The highest BCUT2D eigenvalue weighted by Gasteiger charge is 2.10. The van der Waals surface area contributed by atoms with Gasteiger partial charge in [-0.1, -0.05) is 18.2 Å². The van der Waals surface area contributed by atoms with Gasteiger partial charge in [0.15, 0.2) is 0 Å². The number of aromatic nitrogens is 1. The van der Waals surface area contributed by atoms with Gasteiger partial charge in [0.2, 0.25) is 5.56 Å². The van der Waals surface area contributed by atoms with Crippen molar-refractivity contribution in [3.63, 3.8) is 0 Å². The number of fused-ring (bicyclic) bond motifs is 1. The van der Waals surface area contributed by atoms with Crippen LogP contribution in [0, 0.1) is 6.92 Å². The van der Waals surface area contributed by atoms with E-state index in [1.807, 2.05) is 25.1 Å². The summed E-state index contributed by atoms with van der Waals surface area (Å²) in [6, 6.07) is 6.90. The predicted molar refractivity (Wildman–Crippen MR) is 62.7 cm³/mol. The van der Waals surface area contributed by atoms with E-state index in [-0.39, 0.29) is 11.5 Å². The van der Waals surface area contributed by atoms with Crippen LogP contribution in [0.4, 0.5) is 0 Å². The van der Waals surface area contributed by atoms with Crippen molar-refractivity contribution in [3.05, 3.63) is 45.7 Å². The Morgan fingerprint density at radius 2 is 2.12 bits per heavy atom. The molecule has 0 radical (unpaired) electrons. The van der Waals surface area contributed by atoms with Gasteiger partial charge in [-0.2, -0.15) is 0 Å². The van der Waals surface area contributed by atoms with Crippen molar-refractivity contribution in [3.8, 4) is 0 Å². The molecule has 1 heterocycles. The summed E-state index contributed by atoms with van der Waals surface area (Å²) in [5.41, 5.74) is 1.80. The third-order valence-corrected chi connectivity index (χ3v) is 2.56. The minimum absolute atomic E-state index is 0.248. The molecule has 0 saturated carbocycles. The van der Waals surface area contributed by atoms with E-state index in [4.69, 9.17) is 0 Å². The van der Waals surface area contributed by atoms with Crippen molar-refractivity contribution in [1.82, 2.24) is 10.3 Å². The van der Waals surface area contributed by atoms with Crippen LogP contribution in [0.5, 0.6) is 0 Å². The van der Waals surface area contributed by atoms with Crippen molar-refractivity contribution < 1.29 is 4.79 Å². The van der Waals surface area contributed by atoms with Crippen LogP contribution in [0.15, 0.2) is 29.1 Å². The zero-order chi connectivity index (χ0) is 11.7. The minimum Gasteiger partial charge on any atom is -0.355 e. The Balaban J connectivity index is 2.88. The van der Waals surface area contributed by atoms with Crippen LogP contribution in [0.3, 0.4) is 0 Å². The highest BCUT2D eigenvalue weighted by atomic mass is 16.1.